The number of fused-ring (bicyclic) bond motifs is 1. The molecule has 0 aliphatic rings. The van der Waals surface area contributed by atoms with Crippen LogP contribution in [-0.2, 0) is 11.3 Å². The SMILES string of the molecule is COCCn1c(-c2nc(C(=O)Nc3nnc(C)s3)cs2)cc2ccccc21. The first-order valence-electron chi connectivity index (χ1n) is 8.30. The lowest BCUT2D eigenvalue weighted by molar-refractivity contribution is 0.102. The molecule has 1 aromatic carbocycles. The summed E-state index contributed by atoms with van der Waals surface area (Å²) < 4.78 is 7.43. The van der Waals surface area contributed by atoms with E-state index in [4.69, 9.17) is 4.74 Å². The van der Waals surface area contributed by atoms with Gasteiger partial charge in [0, 0.05) is 29.9 Å². The topological polar surface area (TPSA) is 81.9 Å². The van der Waals surface area contributed by atoms with Gasteiger partial charge in [-0.2, -0.15) is 0 Å². The smallest absolute Gasteiger partial charge is 0.276 e. The summed E-state index contributed by atoms with van der Waals surface area (Å²) >= 11 is 2.78. The molecule has 0 spiro atoms. The van der Waals surface area contributed by atoms with Crippen LogP contribution in [0.4, 0.5) is 5.13 Å². The third-order valence-corrected chi connectivity index (χ3v) is 5.65. The first-order valence-corrected chi connectivity index (χ1v) is 10.00. The molecule has 3 aromatic heterocycles. The van der Waals surface area contributed by atoms with Crippen LogP contribution < -0.4 is 5.32 Å². The highest BCUT2D eigenvalue weighted by Crippen LogP contribution is 2.30. The highest BCUT2D eigenvalue weighted by atomic mass is 32.1. The number of nitrogens with zero attached hydrogens (tertiary/aromatic N) is 4. The van der Waals surface area contributed by atoms with Gasteiger partial charge in [-0.3, -0.25) is 10.1 Å². The maximum Gasteiger partial charge on any atom is 0.276 e. The number of rotatable bonds is 6. The van der Waals surface area contributed by atoms with Gasteiger partial charge in [-0.05, 0) is 19.1 Å². The number of thiazole rings is 1. The molecule has 0 aliphatic heterocycles. The number of carbonyl (C=O) groups excluding carboxylic acids is 1. The fourth-order valence-corrected chi connectivity index (χ4v) is 4.23. The maximum absolute atomic E-state index is 12.4. The lowest BCUT2D eigenvalue weighted by atomic mass is 10.2. The molecule has 27 heavy (non-hydrogen) atoms. The monoisotopic (exact) mass is 399 g/mol. The number of benzene rings is 1. The summed E-state index contributed by atoms with van der Waals surface area (Å²) in [6, 6.07) is 10.3. The van der Waals surface area contributed by atoms with Gasteiger partial charge in [0.05, 0.1) is 12.3 Å². The molecule has 4 rings (SSSR count). The van der Waals surface area contributed by atoms with Crippen molar-refractivity contribution in [3.63, 3.8) is 0 Å². The Labute approximate surface area is 163 Å². The molecule has 0 unspecified atom stereocenters. The maximum atomic E-state index is 12.4. The normalized spacial score (nSPS) is 11.2. The van der Waals surface area contributed by atoms with Crippen molar-refractivity contribution in [2.24, 2.45) is 0 Å². The van der Waals surface area contributed by atoms with Crippen LogP contribution in [0.5, 0.6) is 0 Å². The summed E-state index contributed by atoms with van der Waals surface area (Å²) in [4.78, 5) is 17.0. The van der Waals surface area contributed by atoms with Gasteiger partial charge < -0.3 is 9.30 Å². The second-order valence-electron chi connectivity index (χ2n) is 5.85. The summed E-state index contributed by atoms with van der Waals surface area (Å²) in [6.07, 6.45) is 0. The molecule has 0 saturated heterocycles. The zero-order valence-electron chi connectivity index (χ0n) is 14.8. The van der Waals surface area contributed by atoms with E-state index in [0.717, 1.165) is 26.6 Å². The average Bonchev–Trinajstić information content (AvgIpc) is 3.38. The van der Waals surface area contributed by atoms with Crippen molar-refractivity contribution in [2.45, 2.75) is 13.5 Å². The predicted molar refractivity (Wildman–Crippen MR) is 108 cm³/mol. The number of hydrogen-bond acceptors (Lipinski definition) is 7. The summed E-state index contributed by atoms with van der Waals surface area (Å²) in [6.45, 7) is 3.15. The summed E-state index contributed by atoms with van der Waals surface area (Å²) in [5.74, 6) is -0.284. The number of ether oxygens (including phenoxy) is 1. The van der Waals surface area contributed by atoms with Crippen LogP contribution >= 0.6 is 22.7 Å². The molecule has 0 bridgehead atoms. The number of nitrogens with one attached hydrogen (secondary N) is 1. The molecule has 0 radical (unpaired) electrons. The lowest BCUT2D eigenvalue weighted by Crippen LogP contribution is -2.12. The minimum Gasteiger partial charge on any atom is -0.383 e. The Bertz CT molecular complexity index is 1100. The van der Waals surface area contributed by atoms with E-state index in [9.17, 15) is 4.79 Å². The highest BCUT2D eigenvalue weighted by molar-refractivity contribution is 7.15. The molecular formula is C18H17N5O2S2. The minimum atomic E-state index is -0.284. The van der Waals surface area contributed by atoms with E-state index in [-0.39, 0.29) is 5.91 Å². The molecule has 9 heteroatoms. The predicted octanol–water partition coefficient (Wildman–Crippen LogP) is 3.82. The molecule has 138 valence electrons. The molecule has 1 amide bonds. The Morgan fingerprint density at radius 2 is 2.15 bits per heavy atom. The summed E-state index contributed by atoms with van der Waals surface area (Å²) in [7, 11) is 1.69. The van der Waals surface area contributed by atoms with Crippen LogP contribution in [0.3, 0.4) is 0 Å². The van der Waals surface area contributed by atoms with Gasteiger partial charge in [-0.25, -0.2) is 4.98 Å². The Morgan fingerprint density at radius 3 is 2.93 bits per heavy atom. The Balaban J connectivity index is 1.65. The second kappa shape index (κ2) is 7.55. The van der Waals surface area contributed by atoms with Crippen LogP contribution in [-0.4, -0.2) is 39.4 Å². The fourth-order valence-electron chi connectivity index (χ4n) is 2.81. The molecular weight excluding hydrogens is 382 g/mol. The van der Waals surface area contributed by atoms with E-state index < -0.39 is 0 Å². The van der Waals surface area contributed by atoms with Crippen molar-refractivity contribution in [3.8, 4) is 10.7 Å². The molecule has 0 fully saturated rings. The van der Waals surface area contributed by atoms with Gasteiger partial charge in [-0.15, -0.1) is 21.5 Å². The van der Waals surface area contributed by atoms with Gasteiger partial charge in [0.1, 0.15) is 15.7 Å². The first-order chi connectivity index (χ1) is 13.2. The largest absolute Gasteiger partial charge is 0.383 e. The molecule has 0 saturated carbocycles. The van der Waals surface area contributed by atoms with E-state index in [1.807, 2.05) is 19.1 Å². The number of anilines is 1. The Kier molecular flexibility index (Phi) is 4.97. The fraction of sp³-hybridized carbons (Fsp3) is 0.222. The zero-order valence-corrected chi connectivity index (χ0v) is 16.4. The second-order valence-corrected chi connectivity index (χ2v) is 7.89. The van der Waals surface area contributed by atoms with E-state index in [2.05, 4.69) is 43.3 Å². The molecule has 4 aromatic rings. The van der Waals surface area contributed by atoms with Crippen LogP contribution in [0.1, 0.15) is 15.5 Å². The van der Waals surface area contributed by atoms with Gasteiger partial charge in [0.2, 0.25) is 5.13 Å². The van der Waals surface area contributed by atoms with Crippen molar-refractivity contribution < 1.29 is 9.53 Å². The molecule has 7 nitrogen and oxygen atoms in total. The minimum absolute atomic E-state index is 0.284. The average molecular weight is 400 g/mol. The zero-order chi connectivity index (χ0) is 18.8. The van der Waals surface area contributed by atoms with Crippen LogP contribution in [0, 0.1) is 6.92 Å². The van der Waals surface area contributed by atoms with E-state index >= 15 is 0 Å². The van der Waals surface area contributed by atoms with E-state index in [1.165, 1.54) is 22.7 Å². The number of hydrogen-bond donors (Lipinski definition) is 1. The number of methoxy groups -OCH3 is 1. The standard InChI is InChI=1S/C18H17N5O2S2/c1-11-21-22-18(27-11)20-16(24)13-10-26-17(19-13)15-9-12-5-3-4-6-14(12)23(15)7-8-25-2/h3-6,9-10H,7-8H2,1-2H3,(H,20,22,24). The highest BCUT2D eigenvalue weighted by Gasteiger charge is 2.17. The first kappa shape index (κ1) is 17.8. The summed E-state index contributed by atoms with van der Waals surface area (Å²) in [5, 5.41) is 15.5. The van der Waals surface area contributed by atoms with Crippen molar-refractivity contribution in [1.29, 1.82) is 0 Å². The van der Waals surface area contributed by atoms with E-state index in [0.29, 0.717) is 24.0 Å². The quantitative estimate of drug-likeness (QED) is 0.533. The number of para-hydroxylation sites is 1. The number of amides is 1. The number of aromatic nitrogens is 4. The summed E-state index contributed by atoms with van der Waals surface area (Å²) in [5.41, 5.74) is 2.46. The number of carbonyl (C=O) groups is 1. The van der Waals surface area contributed by atoms with Crippen molar-refractivity contribution in [2.75, 3.05) is 19.0 Å². The lowest BCUT2D eigenvalue weighted by Gasteiger charge is -2.08. The van der Waals surface area contributed by atoms with Crippen LogP contribution in [0.2, 0.25) is 0 Å². The third-order valence-electron chi connectivity index (χ3n) is 4.03. The molecule has 0 aliphatic carbocycles. The van der Waals surface area contributed by atoms with Crippen molar-refractivity contribution in [3.05, 3.63) is 46.4 Å². The third kappa shape index (κ3) is 3.61. The van der Waals surface area contributed by atoms with Crippen molar-refractivity contribution >= 4 is 44.6 Å². The van der Waals surface area contributed by atoms with Crippen molar-refractivity contribution in [1.82, 2.24) is 19.7 Å². The Morgan fingerprint density at radius 1 is 1.30 bits per heavy atom. The molecule has 1 N–H and O–H groups in total. The van der Waals surface area contributed by atoms with Crippen LogP contribution in [0.15, 0.2) is 35.7 Å². The Hall–Kier alpha value is -2.62. The molecule has 3 heterocycles. The van der Waals surface area contributed by atoms with Gasteiger partial charge in [0.25, 0.3) is 5.91 Å². The van der Waals surface area contributed by atoms with Gasteiger partial charge in [-0.1, -0.05) is 29.5 Å². The van der Waals surface area contributed by atoms with Crippen LogP contribution in [0.25, 0.3) is 21.6 Å². The van der Waals surface area contributed by atoms with Gasteiger partial charge >= 0.3 is 0 Å². The number of aryl methyl sites for hydroxylation is 1. The van der Waals surface area contributed by atoms with Gasteiger partial charge in [0.15, 0.2) is 0 Å². The molecule has 0 atom stereocenters. The van der Waals surface area contributed by atoms with E-state index in [1.54, 1.807) is 12.5 Å².